The Bertz CT molecular complexity index is 713. The van der Waals surface area contributed by atoms with Gasteiger partial charge in [0.05, 0.1) is 5.69 Å². The molecule has 4 N–H and O–H groups in total. The molecule has 0 saturated heterocycles. The molecule has 3 aliphatic rings. The molecule has 142 valence electrons. The van der Waals surface area contributed by atoms with Crippen LogP contribution < -0.4 is 16.4 Å². The van der Waals surface area contributed by atoms with Crippen LogP contribution in [0.4, 0.5) is 15.8 Å². The number of hydrogen-bond donors (Lipinski definition) is 3. The van der Waals surface area contributed by atoms with E-state index >= 15 is 0 Å². The molecular weight excluding hydrogens is 357 g/mol. The summed E-state index contributed by atoms with van der Waals surface area (Å²) < 4.78 is 14.3. The minimum atomic E-state index is -0.448. The summed E-state index contributed by atoms with van der Waals surface area (Å²) in [5, 5.41) is 5.49. The monoisotopic (exact) mass is 381 g/mol. The molecule has 2 unspecified atom stereocenters. The zero-order chi connectivity index (χ0) is 17.6. The summed E-state index contributed by atoms with van der Waals surface area (Å²) in [6.45, 7) is 0. The van der Waals surface area contributed by atoms with Crippen LogP contribution in [0, 0.1) is 23.6 Å². The van der Waals surface area contributed by atoms with E-state index in [4.69, 9.17) is 5.73 Å². The summed E-state index contributed by atoms with van der Waals surface area (Å²) in [4.78, 5) is 24.2. The van der Waals surface area contributed by atoms with Crippen molar-refractivity contribution in [1.29, 1.82) is 0 Å². The van der Waals surface area contributed by atoms with Crippen molar-refractivity contribution in [2.24, 2.45) is 23.5 Å². The topological polar surface area (TPSA) is 84.2 Å². The van der Waals surface area contributed by atoms with Crippen LogP contribution in [-0.2, 0) is 16.0 Å². The van der Waals surface area contributed by atoms with E-state index in [1.165, 1.54) is 18.6 Å². The number of anilines is 2. The molecule has 1 aromatic rings. The molecule has 5 nitrogen and oxygen atoms in total. The Hall–Kier alpha value is -1.66. The molecule has 7 heteroatoms. The van der Waals surface area contributed by atoms with Gasteiger partial charge in [0.2, 0.25) is 11.8 Å². The van der Waals surface area contributed by atoms with Gasteiger partial charge in [0.1, 0.15) is 5.82 Å². The summed E-state index contributed by atoms with van der Waals surface area (Å²) in [6.07, 6.45) is 5.82. The average Bonchev–Trinajstić information content (AvgIpc) is 2.55. The Morgan fingerprint density at radius 1 is 1.19 bits per heavy atom. The van der Waals surface area contributed by atoms with E-state index < -0.39 is 5.82 Å². The first-order valence-corrected chi connectivity index (χ1v) is 9.20. The summed E-state index contributed by atoms with van der Waals surface area (Å²) in [5.74, 6) is 0.0261. The molecule has 1 aliphatic heterocycles. The van der Waals surface area contributed by atoms with Crippen molar-refractivity contribution in [3.05, 3.63) is 23.5 Å². The molecule has 1 heterocycles. The third-order valence-corrected chi connectivity index (χ3v) is 6.13. The fraction of sp³-hybridized carbons (Fsp3) is 0.579. The Balaban J connectivity index is 0.00000196. The maximum absolute atomic E-state index is 14.3. The van der Waals surface area contributed by atoms with Crippen LogP contribution in [0.25, 0.3) is 0 Å². The largest absolute Gasteiger partial charge is 0.327 e. The Kier molecular flexibility index (Phi) is 5.53. The smallest absolute Gasteiger partial charge is 0.227 e. The number of aryl methyl sites for hydroxylation is 1. The van der Waals surface area contributed by atoms with Crippen molar-refractivity contribution in [1.82, 2.24) is 0 Å². The van der Waals surface area contributed by atoms with E-state index in [0.717, 1.165) is 31.2 Å². The highest BCUT2D eigenvalue weighted by atomic mass is 35.5. The highest BCUT2D eigenvalue weighted by molar-refractivity contribution is 5.97. The molecule has 1 aromatic carbocycles. The summed E-state index contributed by atoms with van der Waals surface area (Å²) in [5.41, 5.74) is 7.79. The maximum atomic E-state index is 14.3. The second-order valence-electron chi connectivity index (χ2n) is 7.72. The first-order valence-electron chi connectivity index (χ1n) is 9.20. The molecule has 2 atom stereocenters. The fourth-order valence-electron chi connectivity index (χ4n) is 4.73. The lowest BCUT2D eigenvalue weighted by Crippen LogP contribution is -2.48. The van der Waals surface area contributed by atoms with Gasteiger partial charge in [0.15, 0.2) is 0 Å². The lowest BCUT2D eigenvalue weighted by molar-refractivity contribution is -0.122. The number of hydrogen-bond acceptors (Lipinski definition) is 3. The van der Waals surface area contributed by atoms with Gasteiger partial charge in [-0.15, -0.1) is 12.4 Å². The normalized spacial score (nSPS) is 29.8. The quantitative estimate of drug-likeness (QED) is 0.735. The lowest BCUT2D eigenvalue weighted by Gasteiger charge is -2.43. The van der Waals surface area contributed by atoms with Gasteiger partial charge in [0.25, 0.3) is 0 Å². The van der Waals surface area contributed by atoms with Crippen LogP contribution >= 0.6 is 12.4 Å². The van der Waals surface area contributed by atoms with Crippen LogP contribution in [0.1, 0.15) is 44.1 Å². The fourth-order valence-corrected chi connectivity index (χ4v) is 4.73. The van der Waals surface area contributed by atoms with Gasteiger partial charge >= 0.3 is 0 Å². The minimum Gasteiger partial charge on any atom is -0.327 e. The average molecular weight is 382 g/mol. The second kappa shape index (κ2) is 7.53. The third kappa shape index (κ3) is 3.58. The number of halogens is 2. The maximum Gasteiger partial charge on any atom is 0.227 e. The molecule has 2 amide bonds. The number of fused-ring (bicyclic) bond motifs is 3. The first kappa shape index (κ1) is 19.1. The van der Waals surface area contributed by atoms with Crippen molar-refractivity contribution >= 4 is 35.6 Å². The Morgan fingerprint density at radius 2 is 1.88 bits per heavy atom. The highest BCUT2D eigenvalue weighted by Gasteiger charge is 2.40. The van der Waals surface area contributed by atoms with Gasteiger partial charge in [0, 0.05) is 24.1 Å². The zero-order valence-electron chi connectivity index (χ0n) is 14.6. The van der Waals surface area contributed by atoms with Gasteiger partial charge in [-0.2, -0.15) is 0 Å². The van der Waals surface area contributed by atoms with E-state index in [0.29, 0.717) is 30.4 Å². The third-order valence-electron chi connectivity index (χ3n) is 6.13. The Labute approximate surface area is 158 Å². The summed E-state index contributed by atoms with van der Waals surface area (Å²) in [6, 6.07) is 3.15. The standard InChI is InChI=1S/C19H24FN3O2.ClH/c20-14-8-10-4-5-17(24)22-15(10)9-16(14)23-19(25)13-6-11-2-1-3-12(7-13)18(11)21;/h8-9,11-13,18H,1-7,21H2,(H,22,24)(H,23,25);1H. The molecule has 4 rings (SSSR count). The molecule has 0 spiro atoms. The van der Waals surface area contributed by atoms with Crippen molar-refractivity contribution in [3.63, 3.8) is 0 Å². The molecular formula is C19H25ClFN3O2. The Morgan fingerprint density at radius 3 is 2.58 bits per heavy atom. The predicted octanol–water partition coefficient (Wildman–Crippen LogP) is 3.22. The summed E-state index contributed by atoms with van der Waals surface area (Å²) >= 11 is 0. The van der Waals surface area contributed by atoms with Gasteiger partial charge in [-0.3, -0.25) is 9.59 Å². The molecule has 2 bridgehead atoms. The number of nitrogens with one attached hydrogen (secondary N) is 2. The zero-order valence-corrected chi connectivity index (χ0v) is 15.4. The van der Waals surface area contributed by atoms with E-state index in [-0.39, 0.29) is 41.9 Å². The molecule has 2 aliphatic carbocycles. The van der Waals surface area contributed by atoms with Crippen molar-refractivity contribution in [3.8, 4) is 0 Å². The molecule has 26 heavy (non-hydrogen) atoms. The molecule has 0 aromatic heterocycles. The number of carbonyl (C=O) groups excluding carboxylic acids is 2. The SMILES string of the molecule is Cl.NC1C2CCCC1CC(C(=O)Nc1cc3c(cc1F)CCC(=O)N3)C2. The van der Waals surface area contributed by atoms with Crippen molar-refractivity contribution < 1.29 is 14.0 Å². The van der Waals surface area contributed by atoms with Crippen LogP contribution in [0.2, 0.25) is 0 Å². The number of rotatable bonds is 2. The predicted molar refractivity (Wildman–Crippen MR) is 101 cm³/mol. The number of amides is 2. The molecule has 0 radical (unpaired) electrons. The number of benzene rings is 1. The van der Waals surface area contributed by atoms with Gasteiger partial charge < -0.3 is 16.4 Å². The van der Waals surface area contributed by atoms with Crippen LogP contribution in [-0.4, -0.2) is 17.9 Å². The van der Waals surface area contributed by atoms with Crippen LogP contribution in [0.15, 0.2) is 12.1 Å². The molecule has 2 saturated carbocycles. The summed E-state index contributed by atoms with van der Waals surface area (Å²) in [7, 11) is 0. The number of nitrogens with two attached hydrogens (primary N) is 1. The highest BCUT2D eigenvalue weighted by Crippen LogP contribution is 2.42. The lowest BCUT2D eigenvalue weighted by atomic mass is 9.65. The van der Waals surface area contributed by atoms with Crippen molar-refractivity contribution in [2.45, 2.75) is 51.0 Å². The minimum absolute atomic E-state index is 0. The van der Waals surface area contributed by atoms with Gasteiger partial charge in [-0.25, -0.2) is 4.39 Å². The van der Waals surface area contributed by atoms with E-state index in [9.17, 15) is 14.0 Å². The number of carbonyl (C=O) groups is 2. The van der Waals surface area contributed by atoms with Gasteiger partial charge in [-0.05, 0) is 61.6 Å². The van der Waals surface area contributed by atoms with Crippen LogP contribution in [0.3, 0.4) is 0 Å². The second-order valence-corrected chi connectivity index (χ2v) is 7.72. The van der Waals surface area contributed by atoms with Gasteiger partial charge in [-0.1, -0.05) is 6.42 Å². The first-order chi connectivity index (χ1) is 12.0. The van der Waals surface area contributed by atoms with E-state index in [1.807, 2.05) is 0 Å². The van der Waals surface area contributed by atoms with Crippen LogP contribution in [0.5, 0.6) is 0 Å². The van der Waals surface area contributed by atoms with Crippen molar-refractivity contribution in [2.75, 3.05) is 10.6 Å². The molecule has 2 fully saturated rings. The van der Waals surface area contributed by atoms with E-state index in [1.54, 1.807) is 0 Å². The van der Waals surface area contributed by atoms with E-state index in [2.05, 4.69) is 10.6 Å².